The van der Waals surface area contributed by atoms with E-state index in [1.165, 1.54) is 33.8 Å². The highest BCUT2D eigenvalue weighted by Crippen LogP contribution is 2.29. The average molecular weight is 223 g/mol. The van der Waals surface area contributed by atoms with Crippen LogP contribution in [0.4, 0.5) is 0 Å². The first-order valence-electron chi connectivity index (χ1n) is 6.29. The van der Waals surface area contributed by atoms with Gasteiger partial charge in [0.05, 0.1) is 0 Å². The molecule has 1 nitrogen and oxygen atoms in total. The van der Waals surface area contributed by atoms with Crippen molar-refractivity contribution in [3.63, 3.8) is 0 Å². The van der Waals surface area contributed by atoms with Gasteiger partial charge in [-0.05, 0) is 31.0 Å². The van der Waals surface area contributed by atoms with E-state index in [9.17, 15) is 0 Å². The Morgan fingerprint density at radius 1 is 0.941 bits per heavy atom. The number of nitrogens with zero attached hydrogens (tertiary/aromatic N) is 1. The Bertz CT molecular complexity index is 676. The van der Waals surface area contributed by atoms with E-state index in [0.29, 0.717) is 0 Å². The van der Waals surface area contributed by atoms with Gasteiger partial charge in [0.2, 0.25) is 0 Å². The molecule has 0 unspecified atom stereocenters. The van der Waals surface area contributed by atoms with Crippen LogP contribution in [-0.4, -0.2) is 4.57 Å². The molecule has 0 saturated carbocycles. The fourth-order valence-electron chi connectivity index (χ4n) is 2.62. The third-order valence-electron chi connectivity index (χ3n) is 3.38. The Morgan fingerprint density at radius 3 is 2.53 bits per heavy atom. The first kappa shape index (κ1) is 10.4. The van der Waals surface area contributed by atoms with Gasteiger partial charge in [0.15, 0.2) is 0 Å². The van der Waals surface area contributed by atoms with E-state index in [0.717, 1.165) is 6.54 Å². The van der Waals surface area contributed by atoms with Gasteiger partial charge in [-0.3, -0.25) is 0 Å². The quantitative estimate of drug-likeness (QED) is 0.602. The molecular weight excluding hydrogens is 206 g/mol. The minimum atomic E-state index is 1.09. The van der Waals surface area contributed by atoms with E-state index >= 15 is 0 Å². The van der Waals surface area contributed by atoms with Crippen LogP contribution < -0.4 is 0 Å². The molecule has 0 aliphatic heterocycles. The topological polar surface area (TPSA) is 4.93 Å². The Hall–Kier alpha value is -1.76. The zero-order valence-electron chi connectivity index (χ0n) is 10.4. The van der Waals surface area contributed by atoms with Gasteiger partial charge in [0.1, 0.15) is 0 Å². The zero-order valence-corrected chi connectivity index (χ0v) is 10.4. The predicted octanol–water partition coefficient (Wildman–Crippen LogP) is 4.51. The van der Waals surface area contributed by atoms with Crippen LogP contribution in [0.3, 0.4) is 0 Å². The number of hydrogen-bond donors (Lipinski definition) is 0. The second-order valence-electron chi connectivity index (χ2n) is 4.69. The molecule has 0 amide bonds. The van der Waals surface area contributed by atoms with Crippen molar-refractivity contribution in [1.82, 2.24) is 4.57 Å². The third-order valence-corrected chi connectivity index (χ3v) is 3.38. The molecule has 0 bridgehead atoms. The summed E-state index contributed by atoms with van der Waals surface area (Å²) in [6.45, 7) is 5.48. The molecule has 3 rings (SSSR count). The Labute approximate surface area is 102 Å². The molecule has 1 aromatic heterocycles. The van der Waals surface area contributed by atoms with Crippen LogP contribution in [0.1, 0.15) is 18.9 Å². The second-order valence-corrected chi connectivity index (χ2v) is 4.69. The first-order valence-corrected chi connectivity index (χ1v) is 6.29. The molecule has 1 heterocycles. The van der Waals surface area contributed by atoms with Crippen molar-refractivity contribution < 1.29 is 0 Å². The molecule has 0 aliphatic rings. The van der Waals surface area contributed by atoms with E-state index < -0.39 is 0 Å². The van der Waals surface area contributed by atoms with Gasteiger partial charge in [-0.1, -0.05) is 37.3 Å². The van der Waals surface area contributed by atoms with Crippen molar-refractivity contribution in [2.24, 2.45) is 0 Å². The van der Waals surface area contributed by atoms with Crippen LogP contribution >= 0.6 is 0 Å². The lowest BCUT2D eigenvalue weighted by Gasteiger charge is -2.05. The lowest BCUT2D eigenvalue weighted by molar-refractivity contribution is 0.724. The van der Waals surface area contributed by atoms with Gasteiger partial charge in [-0.2, -0.15) is 0 Å². The summed E-state index contributed by atoms with van der Waals surface area (Å²) in [5.41, 5.74) is 4.06. The summed E-state index contributed by atoms with van der Waals surface area (Å²) in [5, 5.41) is 2.75. The van der Waals surface area contributed by atoms with E-state index in [-0.39, 0.29) is 0 Å². The van der Waals surface area contributed by atoms with E-state index in [4.69, 9.17) is 0 Å². The number of para-hydroxylation sites is 1. The smallest absolute Gasteiger partial charge is 0.0494 e. The number of rotatable bonds is 2. The van der Waals surface area contributed by atoms with Crippen LogP contribution in [0, 0.1) is 6.92 Å². The molecule has 86 valence electrons. The molecular formula is C16H17N. The summed E-state index contributed by atoms with van der Waals surface area (Å²) < 4.78 is 2.44. The largest absolute Gasteiger partial charge is 0.340 e. The van der Waals surface area contributed by atoms with Gasteiger partial charge in [0.25, 0.3) is 0 Å². The number of aromatic nitrogens is 1. The third kappa shape index (κ3) is 1.54. The van der Waals surface area contributed by atoms with E-state index in [1.54, 1.807) is 0 Å². The summed E-state index contributed by atoms with van der Waals surface area (Å²) in [5.74, 6) is 0. The van der Waals surface area contributed by atoms with Crippen molar-refractivity contribution in [3.8, 4) is 0 Å². The van der Waals surface area contributed by atoms with Crippen molar-refractivity contribution in [3.05, 3.63) is 48.0 Å². The van der Waals surface area contributed by atoms with Crippen molar-refractivity contribution in [1.29, 1.82) is 0 Å². The predicted molar refractivity (Wildman–Crippen MR) is 74.5 cm³/mol. The second kappa shape index (κ2) is 3.92. The molecule has 17 heavy (non-hydrogen) atoms. The van der Waals surface area contributed by atoms with Crippen molar-refractivity contribution in [2.75, 3.05) is 0 Å². The van der Waals surface area contributed by atoms with Crippen LogP contribution in [0.2, 0.25) is 0 Å². The average Bonchev–Trinajstić information content (AvgIpc) is 2.65. The van der Waals surface area contributed by atoms with Gasteiger partial charge in [0, 0.05) is 28.4 Å². The summed E-state index contributed by atoms with van der Waals surface area (Å²) in [6.07, 6.45) is 1.17. The fourth-order valence-corrected chi connectivity index (χ4v) is 2.62. The maximum Gasteiger partial charge on any atom is 0.0494 e. The highest BCUT2D eigenvalue weighted by molar-refractivity contribution is 6.08. The molecule has 0 spiro atoms. The standard InChI is InChI=1S/C16H17N/c1-3-10-17-15-7-5-4-6-13(15)14-9-8-12(2)11-16(14)17/h4-9,11H,3,10H2,1-2H3. The molecule has 1 heteroatoms. The minimum Gasteiger partial charge on any atom is -0.340 e. The highest BCUT2D eigenvalue weighted by Gasteiger charge is 2.08. The normalized spacial score (nSPS) is 11.4. The van der Waals surface area contributed by atoms with Crippen LogP contribution in [0.5, 0.6) is 0 Å². The minimum absolute atomic E-state index is 1.09. The fraction of sp³-hybridized carbons (Fsp3) is 0.250. The van der Waals surface area contributed by atoms with Crippen LogP contribution in [0.15, 0.2) is 42.5 Å². The molecule has 0 N–H and O–H groups in total. The maximum absolute atomic E-state index is 2.44. The van der Waals surface area contributed by atoms with Crippen molar-refractivity contribution >= 4 is 21.8 Å². The number of aryl methyl sites for hydroxylation is 2. The van der Waals surface area contributed by atoms with Gasteiger partial charge in [-0.25, -0.2) is 0 Å². The Morgan fingerprint density at radius 2 is 1.71 bits per heavy atom. The highest BCUT2D eigenvalue weighted by atomic mass is 15.0. The molecule has 0 aliphatic carbocycles. The lowest BCUT2D eigenvalue weighted by atomic mass is 10.1. The Balaban J connectivity index is 2.48. The Kier molecular flexibility index (Phi) is 2.40. The summed E-state index contributed by atoms with van der Waals surface area (Å²) in [6, 6.07) is 15.4. The van der Waals surface area contributed by atoms with Gasteiger partial charge >= 0.3 is 0 Å². The van der Waals surface area contributed by atoms with Crippen LogP contribution in [0.25, 0.3) is 21.8 Å². The summed E-state index contributed by atoms with van der Waals surface area (Å²) in [4.78, 5) is 0. The van der Waals surface area contributed by atoms with E-state index in [2.05, 4.69) is 60.9 Å². The molecule has 0 radical (unpaired) electrons. The number of hydrogen-bond acceptors (Lipinski definition) is 0. The zero-order chi connectivity index (χ0) is 11.8. The molecule has 2 aromatic carbocycles. The van der Waals surface area contributed by atoms with Crippen molar-refractivity contribution in [2.45, 2.75) is 26.8 Å². The molecule has 0 saturated heterocycles. The van der Waals surface area contributed by atoms with E-state index in [1.807, 2.05) is 0 Å². The molecule has 0 atom stereocenters. The first-order chi connectivity index (χ1) is 8.31. The molecule has 3 aromatic rings. The number of fused-ring (bicyclic) bond motifs is 3. The SMILES string of the molecule is CCCn1c2ccccc2c2ccc(C)cc21. The number of benzene rings is 2. The van der Waals surface area contributed by atoms with Gasteiger partial charge in [-0.15, -0.1) is 0 Å². The monoisotopic (exact) mass is 223 g/mol. The lowest BCUT2D eigenvalue weighted by Crippen LogP contribution is -1.95. The molecule has 0 fully saturated rings. The summed E-state index contributed by atoms with van der Waals surface area (Å²) in [7, 11) is 0. The maximum atomic E-state index is 2.44. The summed E-state index contributed by atoms with van der Waals surface area (Å²) >= 11 is 0. The van der Waals surface area contributed by atoms with Gasteiger partial charge < -0.3 is 4.57 Å². The van der Waals surface area contributed by atoms with Crippen LogP contribution in [-0.2, 0) is 6.54 Å².